The van der Waals surface area contributed by atoms with Crippen LogP contribution in [0.2, 0.25) is 0 Å². The van der Waals surface area contributed by atoms with Crippen molar-refractivity contribution in [2.24, 2.45) is 0 Å². The van der Waals surface area contributed by atoms with Crippen molar-refractivity contribution in [1.82, 2.24) is 4.31 Å². The lowest BCUT2D eigenvalue weighted by atomic mass is 10.00. The lowest BCUT2D eigenvalue weighted by molar-refractivity contribution is -0.392. The Morgan fingerprint density at radius 3 is 2.35 bits per heavy atom. The molecule has 5 nitrogen and oxygen atoms in total. The van der Waals surface area contributed by atoms with Crippen LogP contribution in [0.1, 0.15) is 43.7 Å². The first-order valence-electron chi connectivity index (χ1n) is 8.69. The van der Waals surface area contributed by atoms with Gasteiger partial charge in [0.15, 0.2) is 6.23 Å². The maximum Gasteiger partial charge on any atom is 0.245 e. The zero-order valence-corrected chi connectivity index (χ0v) is 16.4. The van der Waals surface area contributed by atoms with Gasteiger partial charge in [-0.15, -0.1) is 0 Å². The fourth-order valence-corrected chi connectivity index (χ4v) is 4.37. The molecule has 1 aliphatic rings. The number of nitrogens with zero attached hydrogens (tertiary/aromatic N) is 1. The van der Waals surface area contributed by atoms with Crippen LogP contribution in [0.5, 0.6) is 0 Å². The van der Waals surface area contributed by atoms with Gasteiger partial charge in [0.1, 0.15) is 0 Å². The SMILES string of the molecule is Cc1ccc(S(=O)(=O)N2CCc3ccccc3C2OOC(C)(C)C)cc1. The molecule has 26 heavy (non-hydrogen) atoms. The molecule has 0 fully saturated rings. The maximum atomic E-state index is 13.2. The normalized spacial score (nSPS) is 18.5. The highest BCUT2D eigenvalue weighted by atomic mass is 32.2. The van der Waals surface area contributed by atoms with Crippen LogP contribution < -0.4 is 0 Å². The van der Waals surface area contributed by atoms with Crippen molar-refractivity contribution in [3.63, 3.8) is 0 Å². The maximum absolute atomic E-state index is 13.2. The van der Waals surface area contributed by atoms with E-state index in [0.717, 1.165) is 16.7 Å². The molecule has 0 saturated heterocycles. The van der Waals surface area contributed by atoms with E-state index in [1.165, 1.54) is 4.31 Å². The molecule has 2 aromatic carbocycles. The molecular weight excluding hydrogens is 350 g/mol. The molecule has 0 amide bonds. The molecule has 0 radical (unpaired) electrons. The Hall–Kier alpha value is -1.73. The molecule has 140 valence electrons. The molecule has 3 rings (SSSR count). The van der Waals surface area contributed by atoms with Crippen LogP contribution in [-0.4, -0.2) is 24.9 Å². The minimum Gasteiger partial charge on any atom is -0.229 e. The molecule has 1 unspecified atom stereocenters. The van der Waals surface area contributed by atoms with Crippen molar-refractivity contribution in [3.05, 3.63) is 65.2 Å². The average Bonchev–Trinajstić information content (AvgIpc) is 2.59. The fraction of sp³-hybridized carbons (Fsp3) is 0.400. The van der Waals surface area contributed by atoms with Gasteiger partial charge in [0.25, 0.3) is 0 Å². The van der Waals surface area contributed by atoms with Crippen molar-refractivity contribution in [3.8, 4) is 0 Å². The molecular formula is C20H25NO4S. The number of aryl methyl sites for hydroxylation is 1. The van der Waals surface area contributed by atoms with E-state index in [9.17, 15) is 8.42 Å². The topological polar surface area (TPSA) is 55.8 Å². The molecule has 2 aromatic rings. The summed E-state index contributed by atoms with van der Waals surface area (Å²) in [6.45, 7) is 7.85. The first kappa shape index (κ1) is 19.0. The molecule has 0 bridgehead atoms. The monoisotopic (exact) mass is 375 g/mol. The molecule has 0 aromatic heterocycles. The second kappa shape index (κ2) is 7.12. The minimum atomic E-state index is -3.71. The van der Waals surface area contributed by atoms with Crippen molar-refractivity contribution in [2.75, 3.05) is 6.54 Å². The third kappa shape index (κ3) is 3.99. The van der Waals surface area contributed by atoms with E-state index in [4.69, 9.17) is 9.78 Å². The average molecular weight is 375 g/mol. The minimum absolute atomic E-state index is 0.256. The number of fused-ring (bicyclic) bond motifs is 1. The largest absolute Gasteiger partial charge is 0.245 e. The number of hydrogen-bond donors (Lipinski definition) is 0. The van der Waals surface area contributed by atoms with E-state index in [1.807, 2.05) is 52.0 Å². The Morgan fingerprint density at radius 1 is 1.04 bits per heavy atom. The van der Waals surface area contributed by atoms with Gasteiger partial charge in [-0.3, -0.25) is 0 Å². The highest BCUT2D eigenvalue weighted by molar-refractivity contribution is 7.89. The molecule has 0 aliphatic carbocycles. The van der Waals surface area contributed by atoms with E-state index < -0.39 is 21.9 Å². The Labute approximate surface area is 155 Å². The van der Waals surface area contributed by atoms with Gasteiger partial charge in [0.2, 0.25) is 10.0 Å². The second-order valence-electron chi connectivity index (χ2n) is 7.52. The first-order valence-corrected chi connectivity index (χ1v) is 10.1. The Balaban J connectivity index is 2.00. The van der Waals surface area contributed by atoms with Crippen LogP contribution >= 0.6 is 0 Å². The zero-order chi connectivity index (χ0) is 18.9. The molecule has 1 aliphatic heterocycles. The van der Waals surface area contributed by atoms with E-state index in [0.29, 0.717) is 13.0 Å². The van der Waals surface area contributed by atoms with Gasteiger partial charge in [0.05, 0.1) is 10.5 Å². The summed E-state index contributed by atoms with van der Waals surface area (Å²) in [6.07, 6.45) is -0.179. The Kier molecular flexibility index (Phi) is 5.21. The van der Waals surface area contributed by atoms with Crippen LogP contribution in [0.15, 0.2) is 53.4 Å². The first-order chi connectivity index (χ1) is 12.2. The van der Waals surface area contributed by atoms with Crippen LogP contribution in [0, 0.1) is 6.92 Å². The van der Waals surface area contributed by atoms with Crippen LogP contribution in [-0.2, 0) is 26.2 Å². The van der Waals surface area contributed by atoms with Crippen molar-refractivity contribution >= 4 is 10.0 Å². The Morgan fingerprint density at radius 2 is 1.69 bits per heavy atom. The Bertz CT molecular complexity index is 869. The van der Waals surface area contributed by atoms with E-state index in [-0.39, 0.29) is 4.90 Å². The van der Waals surface area contributed by atoms with Crippen molar-refractivity contribution < 1.29 is 18.2 Å². The lowest BCUT2D eigenvalue weighted by Gasteiger charge is -2.36. The summed E-state index contributed by atoms with van der Waals surface area (Å²) in [6, 6.07) is 14.6. The molecule has 0 saturated carbocycles. The van der Waals surface area contributed by atoms with Gasteiger partial charge >= 0.3 is 0 Å². The predicted molar refractivity (Wildman–Crippen MR) is 99.9 cm³/mol. The van der Waals surface area contributed by atoms with Gasteiger partial charge in [-0.2, -0.15) is 4.31 Å². The highest BCUT2D eigenvalue weighted by Crippen LogP contribution is 2.36. The molecule has 1 atom stereocenters. The van der Waals surface area contributed by atoms with Gasteiger partial charge in [0, 0.05) is 12.1 Å². The molecule has 6 heteroatoms. The summed E-state index contributed by atoms with van der Waals surface area (Å²) in [5, 5.41) is 0. The smallest absolute Gasteiger partial charge is 0.229 e. The third-order valence-electron chi connectivity index (χ3n) is 4.20. The van der Waals surface area contributed by atoms with Crippen LogP contribution in [0.25, 0.3) is 0 Å². The molecule has 1 heterocycles. The van der Waals surface area contributed by atoms with E-state index >= 15 is 0 Å². The van der Waals surface area contributed by atoms with Crippen LogP contribution in [0.3, 0.4) is 0 Å². The number of rotatable bonds is 4. The van der Waals surface area contributed by atoms with E-state index in [1.54, 1.807) is 24.3 Å². The summed E-state index contributed by atoms with van der Waals surface area (Å²) in [5.74, 6) is 0. The predicted octanol–water partition coefficient (Wildman–Crippen LogP) is 3.99. The summed E-state index contributed by atoms with van der Waals surface area (Å²) in [4.78, 5) is 11.4. The van der Waals surface area contributed by atoms with Crippen molar-refractivity contribution in [1.29, 1.82) is 0 Å². The van der Waals surface area contributed by atoms with Gasteiger partial charge in [-0.1, -0.05) is 42.0 Å². The van der Waals surface area contributed by atoms with E-state index in [2.05, 4.69) is 0 Å². The fourth-order valence-electron chi connectivity index (χ4n) is 2.89. The van der Waals surface area contributed by atoms with Gasteiger partial charge in [-0.05, 0) is 51.8 Å². The summed E-state index contributed by atoms with van der Waals surface area (Å²) in [7, 11) is -3.71. The standard InChI is InChI=1S/C20H25NO4S/c1-15-9-11-17(12-10-15)26(22,23)21-14-13-16-7-5-6-8-18(16)19(21)24-25-20(2,3)4/h5-12,19H,13-14H2,1-4H3. The number of benzene rings is 2. The zero-order valence-electron chi connectivity index (χ0n) is 15.6. The highest BCUT2D eigenvalue weighted by Gasteiger charge is 2.38. The lowest BCUT2D eigenvalue weighted by Crippen LogP contribution is -2.42. The van der Waals surface area contributed by atoms with Crippen molar-refractivity contribution in [2.45, 2.75) is 50.8 Å². The molecule has 0 spiro atoms. The summed E-state index contributed by atoms with van der Waals surface area (Å²) in [5.41, 5.74) is 2.35. The number of sulfonamides is 1. The number of hydrogen-bond acceptors (Lipinski definition) is 4. The van der Waals surface area contributed by atoms with Crippen LogP contribution in [0.4, 0.5) is 0 Å². The third-order valence-corrected chi connectivity index (χ3v) is 6.06. The summed E-state index contributed by atoms with van der Waals surface area (Å²) < 4.78 is 27.8. The van der Waals surface area contributed by atoms with Gasteiger partial charge in [-0.25, -0.2) is 18.2 Å². The molecule has 0 N–H and O–H groups in total. The summed E-state index contributed by atoms with van der Waals surface area (Å²) >= 11 is 0. The quantitative estimate of drug-likeness (QED) is 0.599. The second-order valence-corrected chi connectivity index (χ2v) is 9.41. The van der Waals surface area contributed by atoms with Gasteiger partial charge < -0.3 is 0 Å².